The maximum atomic E-state index is 11.8. The Morgan fingerprint density at radius 1 is 1.29 bits per heavy atom. The summed E-state index contributed by atoms with van der Waals surface area (Å²) in [5.74, 6) is 0.299. The first-order valence-electron chi connectivity index (χ1n) is 6.12. The number of aliphatic hydroxyl groups excluding tert-OH is 1. The van der Waals surface area contributed by atoms with Crippen molar-refractivity contribution in [3.05, 3.63) is 64.4 Å². The highest BCUT2D eigenvalue weighted by atomic mass is 35.5. The predicted molar refractivity (Wildman–Crippen MR) is 81.1 cm³/mol. The molecule has 0 aliphatic carbocycles. The van der Waals surface area contributed by atoms with Gasteiger partial charge < -0.3 is 9.52 Å². The Bertz CT molecular complexity index is 710. The molecule has 1 heterocycles. The molecule has 0 bridgehead atoms. The lowest BCUT2D eigenvalue weighted by Gasteiger charge is -2.08. The van der Waals surface area contributed by atoms with Crippen molar-refractivity contribution < 1.29 is 17.9 Å². The summed E-state index contributed by atoms with van der Waals surface area (Å²) in [7, 11) is -3.67. The van der Waals surface area contributed by atoms with Crippen molar-refractivity contribution in [3.63, 3.8) is 0 Å². The maximum absolute atomic E-state index is 11.8. The number of sulfonamides is 1. The van der Waals surface area contributed by atoms with Crippen LogP contribution in [0.15, 0.2) is 52.5 Å². The maximum Gasteiger partial charge on any atom is 0.233 e. The van der Waals surface area contributed by atoms with Gasteiger partial charge in [-0.3, -0.25) is 0 Å². The van der Waals surface area contributed by atoms with Crippen LogP contribution >= 0.6 is 11.6 Å². The Balaban J connectivity index is 1.98. The van der Waals surface area contributed by atoms with Crippen LogP contribution in [-0.4, -0.2) is 20.1 Å². The van der Waals surface area contributed by atoms with Gasteiger partial charge >= 0.3 is 0 Å². The van der Waals surface area contributed by atoms with Crippen LogP contribution in [0.25, 0.3) is 6.08 Å². The first-order valence-corrected chi connectivity index (χ1v) is 8.04. The Hall–Kier alpha value is -1.60. The van der Waals surface area contributed by atoms with Crippen LogP contribution in [0, 0.1) is 0 Å². The monoisotopic (exact) mass is 327 g/mol. The molecule has 0 saturated carbocycles. The van der Waals surface area contributed by atoms with Gasteiger partial charge in [0, 0.05) is 17.0 Å². The van der Waals surface area contributed by atoms with Crippen molar-refractivity contribution in [2.24, 2.45) is 0 Å². The molecule has 0 radical (unpaired) electrons. The number of furan rings is 1. The van der Waals surface area contributed by atoms with Crippen LogP contribution in [0.3, 0.4) is 0 Å². The van der Waals surface area contributed by atoms with Crippen LogP contribution in [0.5, 0.6) is 0 Å². The van der Waals surface area contributed by atoms with E-state index < -0.39 is 16.1 Å². The van der Waals surface area contributed by atoms with E-state index in [1.54, 1.807) is 36.4 Å². The van der Waals surface area contributed by atoms with Crippen molar-refractivity contribution in [1.82, 2.24) is 4.72 Å². The minimum atomic E-state index is -3.67. The molecule has 0 fully saturated rings. The summed E-state index contributed by atoms with van der Waals surface area (Å²) in [6, 6.07) is 10.1. The van der Waals surface area contributed by atoms with Crippen molar-refractivity contribution in [1.29, 1.82) is 0 Å². The van der Waals surface area contributed by atoms with Gasteiger partial charge in [0.05, 0.1) is 6.26 Å². The molecule has 2 N–H and O–H groups in total. The second-order valence-corrected chi connectivity index (χ2v) is 6.31. The zero-order valence-electron chi connectivity index (χ0n) is 10.9. The van der Waals surface area contributed by atoms with Gasteiger partial charge in [-0.15, -0.1) is 0 Å². The molecule has 0 amide bonds. The lowest BCUT2D eigenvalue weighted by Crippen LogP contribution is -2.26. The smallest absolute Gasteiger partial charge is 0.233 e. The fourth-order valence-electron chi connectivity index (χ4n) is 1.60. The molecule has 0 spiro atoms. The minimum Gasteiger partial charge on any atom is -0.467 e. The van der Waals surface area contributed by atoms with Gasteiger partial charge in [-0.25, -0.2) is 13.1 Å². The van der Waals surface area contributed by atoms with E-state index in [-0.39, 0.29) is 6.54 Å². The van der Waals surface area contributed by atoms with Crippen molar-refractivity contribution in [2.75, 3.05) is 6.54 Å². The number of hydrogen-bond acceptors (Lipinski definition) is 4. The van der Waals surface area contributed by atoms with E-state index in [4.69, 9.17) is 16.0 Å². The molecule has 1 aromatic carbocycles. The van der Waals surface area contributed by atoms with E-state index in [1.807, 2.05) is 0 Å². The molecule has 0 aliphatic heterocycles. The van der Waals surface area contributed by atoms with Crippen LogP contribution in [0.1, 0.15) is 17.4 Å². The molecule has 2 rings (SSSR count). The Labute approximate surface area is 127 Å². The fourth-order valence-corrected chi connectivity index (χ4v) is 2.61. The van der Waals surface area contributed by atoms with E-state index in [0.717, 1.165) is 5.41 Å². The van der Waals surface area contributed by atoms with Crippen LogP contribution < -0.4 is 4.72 Å². The Kier molecular flexibility index (Phi) is 5.19. The number of halogens is 1. The zero-order valence-corrected chi connectivity index (χ0v) is 12.5. The molecule has 7 heteroatoms. The summed E-state index contributed by atoms with van der Waals surface area (Å²) in [5.41, 5.74) is 0.594. The number of hydrogen-bond donors (Lipinski definition) is 2. The van der Waals surface area contributed by atoms with E-state index >= 15 is 0 Å². The van der Waals surface area contributed by atoms with Crippen LogP contribution in [0.4, 0.5) is 0 Å². The largest absolute Gasteiger partial charge is 0.467 e. The van der Waals surface area contributed by atoms with E-state index in [1.165, 1.54) is 12.3 Å². The molecule has 21 heavy (non-hydrogen) atoms. The molecule has 0 saturated heterocycles. The molecular formula is C14H14ClNO4S. The number of rotatable bonds is 6. The third-order valence-electron chi connectivity index (χ3n) is 2.68. The molecule has 1 atom stereocenters. The fraction of sp³-hybridized carbons (Fsp3) is 0.143. The van der Waals surface area contributed by atoms with Crippen molar-refractivity contribution in [2.45, 2.75) is 6.10 Å². The minimum absolute atomic E-state index is 0.178. The van der Waals surface area contributed by atoms with E-state index in [0.29, 0.717) is 16.3 Å². The highest BCUT2D eigenvalue weighted by Crippen LogP contribution is 2.17. The lowest BCUT2D eigenvalue weighted by atomic mass is 10.2. The lowest BCUT2D eigenvalue weighted by molar-refractivity contribution is 0.154. The summed E-state index contributed by atoms with van der Waals surface area (Å²) < 4.78 is 30.9. The van der Waals surface area contributed by atoms with Gasteiger partial charge in [-0.05, 0) is 29.8 Å². The summed E-state index contributed by atoms with van der Waals surface area (Å²) in [5, 5.41) is 11.2. The van der Waals surface area contributed by atoms with Gasteiger partial charge in [0.2, 0.25) is 10.0 Å². The van der Waals surface area contributed by atoms with Crippen LogP contribution in [0.2, 0.25) is 5.02 Å². The average Bonchev–Trinajstić information content (AvgIpc) is 2.98. The quantitative estimate of drug-likeness (QED) is 0.854. The van der Waals surface area contributed by atoms with Gasteiger partial charge in [-0.1, -0.05) is 29.8 Å². The SMILES string of the molecule is O=S(=O)(/C=C/c1ccccc1Cl)NCC(O)c1ccco1. The number of benzene rings is 1. The average molecular weight is 328 g/mol. The predicted octanol–water partition coefficient (Wildman–Crippen LogP) is 2.56. The topological polar surface area (TPSA) is 79.5 Å². The number of aliphatic hydroxyl groups is 1. The molecule has 2 aromatic rings. The molecule has 0 aliphatic rings. The highest BCUT2D eigenvalue weighted by molar-refractivity contribution is 7.92. The standard InChI is InChI=1S/C14H14ClNO4S/c15-12-5-2-1-4-11(12)7-9-21(18,19)16-10-13(17)14-6-3-8-20-14/h1-9,13,16-17H,10H2/b9-7+. The molecule has 112 valence electrons. The van der Waals surface area contributed by atoms with Crippen molar-refractivity contribution >= 4 is 27.7 Å². The Morgan fingerprint density at radius 3 is 2.71 bits per heavy atom. The highest BCUT2D eigenvalue weighted by Gasteiger charge is 2.13. The first kappa shape index (κ1) is 15.8. The van der Waals surface area contributed by atoms with E-state index in [9.17, 15) is 13.5 Å². The summed E-state index contributed by atoms with van der Waals surface area (Å²) >= 11 is 5.93. The van der Waals surface area contributed by atoms with Gasteiger partial charge in [0.1, 0.15) is 11.9 Å². The van der Waals surface area contributed by atoms with Gasteiger partial charge in [0.25, 0.3) is 0 Å². The van der Waals surface area contributed by atoms with Gasteiger partial charge in [0.15, 0.2) is 0 Å². The Morgan fingerprint density at radius 2 is 2.05 bits per heavy atom. The van der Waals surface area contributed by atoms with Crippen molar-refractivity contribution in [3.8, 4) is 0 Å². The third kappa shape index (κ3) is 4.71. The molecule has 5 nitrogen and oxygen atoms in total. The second-order valence-electron chi connectivity index (χ2n) is 4.25. The third-order valence-corrected chi connectivity index (χ3v) is 4.09. The summed E-state index contributed by atoms with van der Waals surface area (Å²) in [6.07, 6.45) is 1.76. The normalized spacial score (nSPS) is 13.6. The zero-order chi connectivity index (χ0) is 15.3. The summed E-state index contributed by atoms with van der Waals surface area (Å²) in [4.78, 5) is 0. The van der Waals surface area contributed by atoms with Gasteiger partial charge in [-0.2, -0.15) is 0 Å². The summed E-state index contributed by atoms with van der Waals surface area (Å²) in [6.45, 7) is -0.178. The number of nitrogens with one attached hydrogen (secondary N) is 1. The molecule has 1 unspecified atom stereocenters. The second kappa shape index (κ2) is 6.91. The molecular weight excluding hydrogens is 314 g/mol. The van der Waals surface area contributed by atoms with Crippen LogP contribution in [-0.2, 0) is 10.0 Å². The molecule has 1 aromatic heterocycles. The van der Waals surface area contributed by atoms with E-state index in [2.05, 4.69) is 4.72 Å². The first-order chi connectivity index (χ1) is 9.98.